The van der Waals surface area contributed by atoms with Gasteiger partial charge in [0.1, 0.15) is 5.78 Å². The molecule has 1 saturated heterocycles. The Labute approximate surface area is 80.3 Å². The quantitative estimate of drug-likeness (QED) is 0.606. The summed E-state index contributed by atoms with van der Waals surface area (Å²) in [6.45, 7) is 3.51. The highest BCUT2D eigenvalue weighted by molar-refractivity contribution is 5.81. The molecule has 1 unspecified atom stereocenters. The number of carbonyl (C=O) groups excluding carboxylic acids is 1. The summed E-state index contributed by atoms with van der Waals surface area (Å²) in [6.07, 6.45) is 7.00. The average molecular weight is 181 g/mol. The third kappa shape index (κ3) is 2.31. The monoisotopic (exact) mass is 181 g/mol. The van der Waals surface area contributed by atoms with Crippen LogP contribution in [-0.2, 0) is 4.79 Å². The van der Waals surface area contributed by atoms with E-state index in [1.54, 1.807) is 0 Å². The van der Waals surface area contributed by atoms with Gasteiger partial charge in [0.15, 0.2) is 0 Å². The molecule has 1 aliphatic heterocycles. The molecule has 74 valence electrons. The lowest BCUT2D eigenvalue weighted by molar-refractivity contribution is -0.123. The highest BCUT2D eigenvalue weighted by Crippen LogP contribution is 2.22. The van der Waals surface area contributed by atoms with Gasteiger partial charge in [0.2, 0.25) is 0 Å². The van der Waals surface area contributed by atoms with E-state index < -0.39 is 0 Å². The zero-order valence-electron chi connectivity index (χ0n) is 8.30. The molecule has 0 spiro atoms. The van der Waals surface area contributed by atoms with E-state index in [0.29, 0.717) is 11.7 Å². The number of Topliss-reactive ketones (excluding diaryl/α,β-unsaturated/α-hetero) is 1. The van der Waals surface area contributed by atoms with Gasteiger partial charge in [-0.1, -0.05) is 12.8 Å². The number of likely N-dealkylation sites (tertiary alicyclic amines) is 1. The average Bonchev–Trinajstić information content (AvgIpc) is 2.23. The van der Waals surface area contributed by atoms with Gasteiger partial charge < -0.3 is 4.90 Å². The molecule has 0 amide bonds. The van der Waals surface area contributed by atoms with Crippen molar-refractivity contribution >= 4 is 5.78 Å². The van der Waals surface area contributed by atoms with Crippen molar-refractivity contribution in [1.29, 1.82) is 0 Å². The molecule has 2 aliphatic rings. The summed E-state index contributed by atoms with van der Waals surface area (Å²) in [4.78, 5) is 14.1. The zero-order chi connectivity index (χ0) is 9.10. The third-order valence-corrected chi connectivity index (χ3v) is 3.36. The number of hydrogen-bond donors (Lipinski definition) is 0. The second-order valence-corrected chi connectivity index (χ2v) is 4.42. The first-order valence-electron chi connectivity index (χ1n) is 5.61. The Morgan fingerprint density at radius 2 is 2.00 bits per heavy atom. The molecular weight excluding hydrogens is 162 g/mol. The van der Waals surface area contributed by atoms with Crippen molar-refractivity contribution in [3.8, 4) is 0 Å². The Hall–Kier alpha value is -0.370. The summed E-state index contributed by atoms with van der Waals surface area (Å²) in [6, 6.07) is 0. The molecule has 2 rings (SSSR count). The van der Waals surface area contributed by atoms with Gasteiger partial charge in [0.05, 0.1) is 0 Å². The van der Waals surface area contributed by atoms with Crippen LogP contribution in [0.2, 0.25) is 0 Å². The maximum atomic E-state index is 11.7. The smallest absolute Gasteiger partial charge is 0.137 e. The van der Waals surface area contributed by atoms with Crippen molar-refractivity contribution in [3.05, 3.63) is 0 Å². The SMILES string of the molecule is O=C1CCCCCC1CN1CCC1. The molecule has 2 heteroatoms. The standard InChI is InChI=1S/C11H19NO/c13-11-6-3-1-2-5-10(11)9-12-7-4-8-12/h10H,1-9H2. The van der Waals surface area contributed by atoms with Crippen LogP contribution in [-0.4, -0.2) is 30.3 Å². The van der Waals surface area contributed by atoms with Gasteiger partial charge in [0.25, 0.3) is 0 Å². The molecule has 1 saturated carbocycles. The van der Waals surface area contributed by atoms with Gasteiger partial charge in [-0.25, -0.2) is 0 Å². The molecule has 0 bridgehead atoms. The lowest BCUT2D eigenvalue weighted by Crippen LogP contribution is -2.42. The number of ketones is 1. The first-order valence-corrected chi connectivity index (χ1v) is 5.61. The summed E-state index contributed by atoms with van der Waals surface area (Å²) in [7, 11) is 0. The molecule has 0 aromatic heterocycles. The Bertz CT molecular complexity index is 187. The van der Waals surface area contributed by atoms with Crippen molar-refractivity contribution in [2.24, 2.45) is 5.92 Å². The van der Waals surface area contributed by atoms with Crippen molar-refractivity contribution in [1.82, 2.24) is 4.90 Å². The minimum Gasteiger partial charge on any atom is -0.303 e. The van der Waals surface area contributed by atoms with Crippen molar-refractivity contribution in [2.45, 2.75) is 38.5 Å². The minimum absolute atomic E-state index is 0.378. The molecule has 1 heterocycles. The Morgan fingerprint density at radius 1 is 1.15 bits per heavy atom. The van der Waals surface area contributed by atoms with Crippen molar-refractivity contribution < 1.29 is 4.79 Å². The number of nitrogens with zero attached hydrogens (tertiary/aromatic N) is 1. The molecule has 0 N–H and O–H groups in total. The maximum Gasteiger partial charge on any atom is 0.137 e. The Morgan fingerprint density at radius 3 is 2.69 bits per heavy atom. The highest BCUT2D eigenvalue weighted by atomic mass is 16.1. The van der Waals surface area contributed by atoms with Crippen molar-refractivity contribution in [3.63, 3.8) is 0 Å². The van der Waals surface area contributed by atoms with Gasteiger partial charge in [-0.2, -0.15) is 0 Å². The molecular formula is C11H19NO. The van der Waals surface area contributed by atoms with Crippen LogP contribution in [0.4, 0.5) is 0 Å². The van der Waals surface area contributed by atoms with Crippen LogP contribution in [0.25, 0.3) is 0 Å². The van der Waals surface area contributed by atoms with Crippen LogP contribution in [0.3, 0.4) is 0 Å². The van der Waals surface area contributed by atoms with E-state index >= 15 is 0 Å². The fraction of sp³-hybridized carbons (Fsp3) is 0.909. The number of hydrogen-bond acceptors (Lipinski definition) is 2. The van der Waals surface area contributed by atoms with Gasteiger partial charge in [-0.05, 0) is 32.4 Å². The summed E-state index contributed by atoms with van der Waals surface area (Å²) in [5.41, 5.74) is 0. The molecule has 0 aromatic rings. The fourth-order valence-electron chi connectivity index (χ4n) is 2.30. The van der Waals surface area contributed by atoms with Crippen LogP contribution >= 0.6 is 0 Å². The third-order valence-electron chi connectivity index (χ3n) is 3.36. The molecule has 0 radical (unpaired) electrons. The van der Waals surface area contributed by atoms with Crippen molar-refractivity contribution in [2.75, 3.05) is 19.6 Å². The van der Waals surface area contributed by atoms with E-state index in [9.17, 15) is 4.79 Å². The molecule has 2 nitrogen and oxygen atoms in total. The van der Waals surface area contributed by atoms with Crippen LogP contribution in [0.5, 0.6) is 0 Å². The van der Waals surface area contributed by atoms with E-state index in [2.05, 4.69) is 4.90 Å². The van der Waals surface area contributed by atoms with Crippen LogP contribution in [0, 0.1) is 5.92 Å². The summed E-state index contributed by atoms with van der Waals surface area (Å²) < 4.78 is 0. The first kappa shape index (κ1) is 9.20. The van der Waals surface area contributed by atoms with Crippen LogP contribution in [0.1, 0.15) is 38.5 Å². The second-order valence-electron chi connectivity index (χ2n) is 4.42. The topological polar surface area (TPSA) is 20.3 Å². The van der Waals surface area contributed by atoms with E-state index in [4.69, 9.17) is 0 Å². The van der Waals surface area contributed by atoms with Crippen LogP contribution < -0.4 is 0 Å². The predicted molar refractivity (Wildman–Crippen MR) is 52.6 cm³/mol. The lowest BCUT2D eigenvalue weighted by atomic mass is 9.97. The number of carbonyl (C=O) groups is 1. The lowest BCUT2D eigenvalue weighted by Gasteiger charge is -2.33. The van der Waals surface area contributed by atoms with E-state index in [0.717, 1.165) is 25.8 Å². The first-order chi connectivity index (χ1) is 6.36. The van der Waals surface area contributed by atoms with E-state index in [1.807, 2.05) is 0 Å². The summed E-state index contributed by atoms with van der Waals surface area (Å²) >= 11 is 0. The normalized spacial score (nSPS) is 31.1. The zero-order valence-corrected chi connectivity index (χ0v) is 8.30. The Kier molecular flexibility index (Phi) is 2.99. The van der Waals surface area contributed by atoms with Gasteiger partial charge >= 0.3 is 0 Å². The largest absolute Gasteiger partial charge is 0.303 e. The van der Waals surface area contributed by atoms with Gasteiger partial charge in [0, 0.05) is 18.9 Å². The number of rotatable bonds is 2. The molecule has 0 aromatic carbocycles. The predicted octanol–water partition coefficient (Wildman–Crippen LogP) is 1.84. The molecule has 13 heavy (non-hydrogen) atoms. The van der Waals surface area contributed by atoms with Crippen LogP contribution in [0.15, 0.2) is 0 Å². The summed E-state index contributed by atoms with van der Waals surface area (Å²) in [5.74, 6) is 0.909. The fourth-order valence-corrected chi connectivity index (χ4v) is 2.30. The van der Waals surface area contributed by atoms with Gasteiger partial charge in [-0.15, -0.1) is 0 Å². The molecule has 1 aliphatic carbocycles. The van der Waals surface area contributed by atoms with E-state index in [-0.39, 0.29) is 0 Å². The highest BCUT2D eigenvalue weighted by Gasteiger charge is 2.25. The molecule has 1 atom stereocenters. The van der Waals surface area contributed by atoms with E-state index in [1.165, 1.54) is 32.4 Å². The van der Waals surface area contributed by atoms with Gasteiger partial charge in [-0.3, -0.25) is 4.79 Å². The maximum absolute atomic E-state index is 11.7. The second kappa shape index (κ2) is 4.23. The minimum atomic E-state index is 0.378. The molecule has 2 fully saturated rings. The Balaban J connectivity index is 1.83. The summed E-state index contributed by atoms with van der Waals surface area (Å²) in [5, 5.41) is 0.